The second kappa shape index (κ2) is 1.93. The van der Waals surface area contributed by atoms with Crippen LogP contribution in [0.1, 0.15) is 6.42 Å². The molecule has 1 rings (SSSR count). The Kier molecular flexibility index (Phi) is 1.50. The molecule has 5 heteroatoms. The molecule has 0 aromatic carbocycles. The molecule has 0 aromatic heterocycles. The maximum absolute atomic E-state index is 10.7. The minimum atomic E-state index is -3.15. The summed E-state index contributed by atoms with van der Waals surface area (Å²) < 4.78 is 21.4. The number of aliphatic hydroxyl groups is 1. The standard InChI is InChI=1S/C4H9NO3S/c5-4-1-3(6)2-9(4,7)8/h3-4,6H,1-2,5H2/t3-,4-/m0/s1. The van der Waals surface area contributed by atoms with Gasteiger partial charge in [0.05, 0.1) is 11.9 Å². The van der Waals surface area contributed by atoms with Gasteiger partial charge in [-0.05, 0) is 0 Å². The molecule has 1 saturated heterocycles. The van der Waals surface area contributed by atoms with E-state index in [1.165, 1.54) is 0 Å². The zero-order chi connectivity index (χ0) is 7.07. The maximum atomic E-state index is 10.7. The molecule has 2 atom stereocenters. The van der Waals surface area contributed by atoms with Crippen molar-refractivity contribution in [2.75, 3.05) is 5.75 Å². The van der Waals surface area contributed by atoms with Crippen LogP contribution in [0.4, 0.5) is 0 Å². The van der Waals surface area contributed by atoms with Gasteiger partial charge >= 0.3 is 0 Å². The summed E-state index contributed by atoms with van der Waals surface area (Å²) in [5.41, 5.74) is 5.15. The van der Waals surface area contributed by atoms with Crippen LogP contribution in [0.15, 0.2) is 0 Å². The van der Waals surface area contributed by atoms with Gasteiger partial charge < -0.3 is 10.8 Å². The molecule has 0 amide bonds. The van der Waals surface area contributed by atoms with Gasteiger partial charge in [0.25, 0.3) is 0 Å². The average Bonchev–Trinajstić information content (AvgIpc) is 1.79. The molecule has 1 aliphatic rings. The van der Waals surface area contributed by atoms with Crippen LogP contribution >= 0.6 is 0 Å². The first-order chi connectivity index (χ1) is 4.02. The molecule has 0 bridgehead atoms. The van der Waals surface area contributed by atoms with E-state index < -0.39 is 21.3 Å². The van der Waals surface area contributed by atoms with Crippen LogP contribution < -0.4 is 5.73 Å². The third-order valence-corrected chi connectivity index (χ3v) is 3.35. The third-order valence-electron chi connectivity index (χ3n) is 1.39. The summed E-state index contributed by atoms with van der Waals surface area (Å²) in [6, 6.07) is 0. The molecule has 0 spiro atoms. The lowest BCUT2D eigenvalue weighted by Crippen LogP contribution is -2.25. The van der Waals surface area contributed by atoms with Crippen LogP contribution in [0.3, 0.4) is 0 Å². The van der Waals surface area contributed by atoms with Gasteiger partial charge in [0.1, 0.15) is 5.37 Å². The number of hydrogen-bond acceptors (Lipinski definition) is 4. The molecule has 0 aromatic rings. The summed E-state index contributed by atoms with van der Waals surface area (Å²) in [7, 11) is -3.15. The molecule has 1 aliphatic heterocycles. The van der Waals surface area contributed by atoms with Crippen molar-refractivity contribution in [3.05, 3.63) is 0 Å². The van der Waals surface area contributed by atoms with E-state index in [2.05, 4.69) is 0 Å². The molecule has 3 N–H and O–H groups in total. The number of rotatable bonds is 0. The van der Waals surface area contributed by atoms with Crippen LogP contribution in [0.25, 0.3) is 0 Å². The lowest BCUT2D eigenvalue weighted by Gasteiger charge is -1.96. The van der Waals surface area contributed by atoms with E-state index in [-0.39, 0.29) is 12.2 Å². The van der Waals surface area contributed by atoms with Gasteiger partial charge in [0.2, 0.25) is 0 Å². The lowest BCUT2D eigenvalue weighted by molar-refractivity contribution is 0.196. The summed E-state index contributed by atoms with van der Waals surface area (Å²) in [6.45, 7) is 0. The van der Waals surface area contributed by atoms with Crippen molar-refractivity contribution < 1.29 is 13.5 Å². The van der Waals surface area contributed by atoms with Crippen molar-refractivity contribution in [3.63, 3.8) is 0 Å². The molecule has 0 unspecified atom stereocenters. The van der Waals surface area contributed by atoms with E-state index in [1.54, 1.807) is 0 Å². The lowest BCUT2D eigenvalue weighted by atomic mass is 10.3. The van der Waals surface area contributed by atoms with E-state index in [0.717, 1.165) is 0 Å². The largest absolute Gasteiger partial charge is 0.392 e. The van der Waals surface area contributed by atoms with Crippen LogP contribution in [0, 0.1) is 0 Å². The molecule has 4 nitrogen and oxygen atoms in total. The fourth-order valence-electron chi connectivity index (χ4n) is 0.875. The predicted molar refractivity (Wildman–Crippen MR) is 32.4 cm³/mol. The summed E-state index contributed by atoms with van der Waals surface area (Å²) >= 11 is 0. The second-order valence-corrected chi connectivity index (χ2v) is 4.52. The molecular weight excluding hydrogens is 142 g/mol. The van der Waals surface area contributed by atoms with Gasteiger partial charge in [-0.2, -0.15) is 0 Å². The molecular formula is C4H9NO3S. The highest BCUT2D eigenvalue weighted by Gasteiger charge is 2.34. The average molecular weight is 151 g/mol. The van der Waals surface area contributed by atoms with Crippen molar-refractivity contribution in [1.82, 2.24) is 0 Å². The Morgan fingerprint density at radius 3 is 2.22 bits per heavy atom. The number of nitrogens with two attached hydrogens (primary N) is 1. The predicted octanol–water partition coefficient (Wildman–Crippen LogP) is -1.55. The van der Waals surface area contributed by atoms with E-state index in [0.29, 0.717) is 0 Å². The quantitative estimate of drug-likeness (QED) is 0.439. The van der Waals surface area contributed by atoms with Crippen LogP contribution in [-0.2, 0) is 9.84 Å². The van der Waals surface area contributed by atoms with Gasteiger partial charge in [-0.1, -0.05) is 0 Å². The van der Waals surface area contributed by atoms with Crippen LogP contribution in [-0.4, -0.2) is 30.8 Å². The van der Waals surface area contributed by atoms with E-state index >= 15 is 0 Å². The normalized spacial score (nSPS) is 41.1. The first kappa shape index (κ1) is 6.98. The van der Waals surface area contributed by atoms with Crippen molar-refractivity contribution in [2.24, 2.45) is 5.73 Å². The van der Waals surface area contributed by atoms with Crippen molar-refractivity contribution in [1.29, 1.82) is 0 Å². The van der Waals surface area contributed by atoms with Crippen molar-refractivity contribution in [3.8, 4) is 0 Å². The van der Waals surface area contributed by atoms with Gasteiger partial charge in [0, 0.05) is 6.42 Å². The Balaban J connectivity index is 2.83. The Morgan fingerprint density at radius 1 is 1.56 bits per heavy atom. The van der Waals surface area contributed by atoms with Crippen molar-refractivity contribution >= 4 is 9.84 Å². The molecule has 0 saturated carbocycles. The smallest absolute Gasteiger partial charge is 0.168 e. The van der Waals surface area contributed by atoms with Gasteiger partial charge in [-0.15, -0.1) is 0 Å². The third kappa shape index (κ3) is 1.23. The Morgan fingerprint density at radius 2 is 2.11 bits per heavy atom. The van der Waals surface area contributed by atoms with E-state index in [9.17, 15) is 8.42 Å². The zero-order valence-corrected chi connectivity index (χ0v) is 5.63. The van der Waals surface area contributed by atoms with Crippen LogP contribution in [0.2, 0.25) is 0 Å². The number of hydrogen-bond donors (Lipinski definition) is 2. The van der Waals surface area contributed by atoms with Gasteiger partial charge in [-0.3, -0.25) is 0 Å². The van der Waals surface area contributed by atoms with E-state index in [4.69, 9.17) is 10.8 Å². The first-order valence-corrected chi connectivity index (χ1v) is 4.39. The molecule has 0 radical (unpaired) electrons. The number of sulfone groups is 1. The Bertz CT molecular complexity index is 198. The SMILES string of the molecule is N[C@@H]1C[C@H](O)CS1(=O)=O. The highest BCUT2D eigenvalue weighted by atomic mass is 32.2. The molecule has 1 heterocycles. The maximum Gasteiger partial charge on any atom is 0.168 e. The monoisotopic (exact) mass is 151 g/mol. The molecule has 1 fully saturated rings. The highest BCUT2D eigenvalue weighted by molar-refractivity contribution is 7.92. The fourth-order valence-corrected chi connectivity index (χ4v) is 2.31. The zero-order valence-electron chi connectivity index (χ0n) is 4.82. The van der Waals surface area contributed by atoms with E-state index in [1.807, 2.05) is 0 Å². The fraction of sp³-hybridized carbons (Fsp3) is 1.00. The number of aliphatic hydroxyl groups excluding tert-OH is 1. The van der Waals surface area contributed by atoms with Crippen LogP contribution in [0.5, 0.6) is 0 Å². The Hall–Kier alpha value is -0.130. The van der Waals surface area contributed by atoms with Gasteiger partial charge in [0.15, 0.2) is 9.84 Å². The minimum absolute atomic E-state index is 0.172. The van der Waals surface area contributed by atoms with Gasteiger partial charge in [-0.25, -0.2) is 8.42 Å². The summed E-state index contributed by atoms with van der Waals surface area (Å²) in [4.78, 5) is 0. The van der Waals surface area contributed by atoms with Crippen molar-refractivity contribution in [2.45, 2.75) is 17.9 Å². The molecule has 0 aliphatic carbocycles. The highest BCUT2D eigenvalue weighted by Crippen LogP contribution is 2.15. The molecule has 9 heavy (non-hydrogen) atoms. The Labute approximate surface area is 53.6 Å². The summed E-state index contributed by atoms with van der Waals surface area (Å²) in [6.07, 6.45) is -0.562. The molecule has 54 valence electrons. The summed E-state index contributed by atoms with van der Waals surface area (Å²) in [5.74, 6) is -0.172. The summed E-state index contributed by atoms with van der Waals surface area (Å²) in [5, 5.41) is 7.94. The second-order valence-electron chi connectivity index (χ2n) is 2.26. The first-order valence-electron chi connectivity index (χ1n) is 2.67. The topological polar surface area (TPSA) is 80.4 Å². The minimum Gasteiger partial charge on any atom is -0.392 e.